The largest absolute Gasteiger partial charge is 0.223 e. The Morgan fingerprint density at radius 1 is 1.38 bits per heavy atom. The standard InChI is InChI=1S/C12H13NO2S/c1-3-10-4-6-11(7-5-10)8-12(9-13)16(2,14)15/h4-8H,3H2,1-2H3/b12-8+. The lowest BCUT2D eigenvalue weighted by molar-refractivity contribution is 0.609. The molecule has 0 saturated carbocycles. The van der Waals surface area contributed by atoms with Gasteiger partial charge in [0.15, 0.2) is 9.84 Å². The third kappa shape index (κ3) is 3.21. The first-order chi connectivity index (χ1) is 7.47. The van der Waals surface area contributed by atoms with Crippen LogP contribution in [0.15, 0.2) is 29.2 Å². The molecule has 0 unspecified atom stereocenters. The second-order valence-electron chi connectivity index (χ2n) is 3.49. The fourth-order valence-corrected chi connectivity index (χ4v) is 1.74. The number of aryl methyl sites for hydroxylation is 1. The predicted molar refractivity (Wildman–Crippen MR) is 64.3 cm³/mol. The molecule has 3 nitrogen and oxygen atoms in total. The van der Waals surface area contributed by atoms with Gasteiger partial charge in [-0.2, -0.15) is 5.26 Å². The molecule has 0 N–H and O–H groups in total. The van der Waals surface area contributed by atoms with E-state index in [9.17, 15) is 8.42 Å². The summed E-state index contributed by atoms with van der Waals surface area (Å²) in [6.45, 7) is 2.04. The second kappa shape index (κ2) is 4.95. The van der Waals surface area contributed by atoms with Crippen molar-refractivity contribution in [2.45, 2.75) is 13.3 Å². The molecular formula is C12H13NO2S. The minimum atomic E-state index is -3.43. The number of allylic oxidation sites excluding steroid dienone is 1. The van der Waals surface area contributed by atoms with Crippen LogP contribution in [0.25, 0.3) is 6.08 Å². The summed E-state index contributed by atoms with van der Waals surface area (Å²) in [5.74, 6) is 0. The number of hydrogen-bond acceptors (Lipinski definition) is 3. The van der Waals surface area contributed by atoms with Crippen molar-refractivity contribution in [2.24, 2.45) is 0 Å². The van der Waals surface area contributed by atoms with Crippen molar-refractivity contribution in [3.8, 4) is 6.07 Å². The third-order valence-corrected chi connectivity index (χ3v) is 3.20. The van der Waals surface area contributed by atoms with Gasteiger partial charge in [0.05, 0.1) is 0 Å². The van der Waals surface area contributed by atoms with Crippen molar-refractivity contribution in [3.63, 3.8) is 0 Å². The van der Waals surface area contributed by atoms with Crippen LogP contribution < -0.4 is 0 Å². The first-order valence-electron chi connectivity index (χ1n) is 4.88. The van der Waals surface area contributed by atoms with Crippen molar-refractivity contribution in [3.05, 3.63) is 40.3 Å². The zero-order chi connectivity index (χ0) is 12.2. The maximum absolute atomic E-state index is 11.2. The molecule has 0 aliphatic carbocycles. The molecule has 0 spiro atoms. The van der Waals surface area contributed by atoms with Gasteiger partial charge < -0.3 is 0 Å². The van der Waals surface area contributed by atoms with E-state index in [0.717, 1.165) is 18.2 Å². The lowest BCUT2D eigenvalue weighted by Gasteiger charge is -1.98. The molecule has 0 heterocycles. The van der Waals surface area contributed by atoms with Gasteiger partial charge in [0.2, 0.25) is 0 Å². The topological polar surface area (TPSA) is 57.9 Å². The average molecular weight is 235 g/mol. The van der Waals surface area contributed by atoms with Gasteiger partial charge in [-0.3, -0.25) is 0 Å². The van der Waals surface area contributed by atoms with Gasteiger partial charge in [-0.15, -0.1) is 0 Å². The average Bonchev–Trinajstić information content (AvgIpc) is 2.25. The van der Waals surface area contributed by atoms with Gasteiger partial charge in [-0.05, 0) is 23.6 Å². The van der Waals surface area contributed by atoms with E-state index in [-0.39, 0.29) is 4.91 Å². The number of benzene rings is 1. The van der Waals surface area contributed by atoms with Crippen LogP contribution in [0.5, 0.6) is 0 Å². The minimum absolute atomic E-state index is 0.211. The van der Waals surface area contributed by atoms with Crippen LogP contribution in [0.3, 0.4) is 0 Å². The molecular weight excluding hydrogens is 222 g/mol. The van der Waals surface area contributed by atoms with Crippen molar-refractivity contribution < 1.29 is 8.42 Å². The summed E-state index contributed by atoms with van der Waals surface area (Å²) in [6.07, 6.45) is 3.35. The van der Waals surface area contributed by atoms with Crippen LogP contribution >= 0.6 is 0 Å². The summed E-state index contributed by atoms with van der Waals surface area (Å²) in [5, 5.41) is 8.73. The van der Waals surface area contributed by atoms with Gasteiger partial charge in [0, 0.05) is 6.26 Å². The highest BCUT2D eigenvalue weighted by atomic mass is 32.2. The molecule has 0 fully saturated rings. The van der Waals surface area contributed by atoms with E-state index in [1.165, 1.54) is 11.6 Å². The normalized spacial score (nSPS) is 12.2. The SMILES string of the molecule is CCc1ccc(/C=C(\C#N)S(C)(=O)=O)cc1. The Hall–Kier alpha value is -1.60. The first kappa shape index (κ1) is 12.5. The lowest BCUT2D eigenvalue weighted by Crippen LogP contribution is -1.98. The van der Waals surface area contributed by atoms with Gasteiger partial charge in [0.25, 0.3) is 0 Å². The van der Waals surface area contributed by atoms with Gasteiger partial charge >= 0.3 is 0 Å². The molecule has 0 amide bonds. The summed E-state index contributed by atoms with van der Waals surface area (Å²) in [7, 11) is -3.43. The Morgan fingerprint density at radius 3 is 2.31 bits per heavy atom. The quantitative estimate of drug-likeness (QED) is 0.754. The summed E-state index contributed by atoms with van der Waals surface area (Å²) in [6, 6.07) is 9.15. The zero-order valence-corrected chi connectivity index (χ0v) is 10.1. The molecule has 4 heteroatoms. The molecule has 0 aliphatic heterocycles. The van der Waals surface area contributed by atoms with Crippen LogP contribution in [0, 0.1) is 11.3 Å². The highest BCUT2D eigenvalue weighted by molar-refractivity contribution is 7.95. The van der Waals surface area contributed by atoms with E-state index in [1.807, 2.05) is 19.1 Å². The number of sulfone groups is 1. The Balaban J connectivity index is 3.12. The molecule has 1 rings (SSSR count). The van der Waals surface area contributed by atoms with Crippen LogP contribution in [-0.2, 0) is 16.3 Å². The highest BCUT2D eigenvalue weighted by Gasteiger charge is 2.09. The number of nitrogens with zero attached hydrogens (tertiary/aromatic N) is 1. The smallest absolute Gasteiger partial charge is 0.185 e. The molecule has 0 aliphatic rings. The van der Waals surface area contributed by atoms with E-state index in [0.29, 0.717) is 0 Å². The fraction of sp³-hybridized carbons (Fsp3) is 0.250. The van der Waals surface area contributed by atoms with E-state index in [1.54, 1.807) is 18.2 Å². The minimum Gasteiger partial charge on any atom is -0.223 e. The Morgan fingerprint density at radius 2 is 1.94 bits per heavy atom. The highest BCUT2D eigenvalue weighted by Crippen LogP contribution is 2.12. The zero-order valence-electron chi connectivity index (χ0n) is 9.27. The Bertz CT molecular complexity index is 533. The van der Waals surface area contributed by atoms with Crippen molar-refractivity contribution in [2.75, 3.05) is 6.26 Å². The maximum Gasteiger partial charge on any atom is 0.185 e. The number of nitriles is 1. The first-order valence-corrected chi connectivity index (χ1v) is 6.77. The summed E-state index contributed by atoms with van der Waals surface area (Å²) < 4.78 is 22.4. The van der Waals surface area contributed by atoms with E-state index in [2.05, 4.69) is 0 Å². The van der Waals surface area contributed by atoms with Crippen molar-refractivity contribution in [1.29, 1.82) is 5.26 Å². The van der Waals surface area contributed by atoms with Gasteiger partial charge in [-0.1, -0.05) is 31.2 Å². The molecule has 0 atom stereocenters. The van der Waals surface area contributed by atoms with Crippen LogP contribution in [0.1, 0.15) is 18.1 Å². The maximum atomic E-state index is 11.2. The molecule has 0 bridgehead atoms. The fourth-order valence-electron chi connectivity index (χ4n) is 1.22. The molecule has 0 radical (unpaired) electrons. The van der Waals surface area contributed by atoms with E-state index < -0.39 is 9.84 Å². The molecule has 0 aromatic heterocycles. The molecule has 1 aromatic rings. The molecule has 84 valence electrons. The van der Waals surface area contributed by atoms with Crippen molar-refractivity contribution in [1.82, 2.24) is 0 Å². The third-order valence-electron chi connectivity index (χ3n) is 2.20. The number of rotatable bonds is 3. The summed E-state index contributed by atoms with van der Waals surface area (Å²) in [5.41, 5.74) is 1.90. The molecule has 1 aromatic carbocycles. The number of hydrogen-bond donors (Lipinski definition) is 0. The molecule has 16 heavy (non-hydrogen) atoms. The Labute approximate surface area is 95.9 Å². The Kier molecular flexibility index (Phi) is 3.86. The van der Waals surface area contributed by atoms with Crippen LogP contribution in [0.2, 0.25) is 0 Å². The van der Waals surface area contributed by atoms with Gasteiger partial charge in [0.1, 0.15) is 11.0 Å². The summed E-state index contributed by atoms with van der Waals surface area (Å²) >= 11 is 0. The predicted octanol–water partition coefficient (Wildman–Crippen LogP) is 2.16. The molecule has 0 saturated heterocycles. The van der Waals surface area contributed by atoms with Crippen molar-refractivity contribution >= 4 is 15.9 Å². The van der Waals surface area contributed by atoms with E-state index >= 15 is 0 Å². The van der Waals surface area contributed by atoms with Gasteiger partial charge in [-0.25, -0.2) is 8.42 Å². The van der Waals surface area contributed by atoms with E-state index in [4.69, 9.17) is 5.26 Å². The lowest BCUT2D eigenvalue weighted by atomic mass is 10.1. The second-order valence-corrected chi connectivity index (χ2v) is 5.47. The monoisotopic (exact) mass is 235 g/mol. The van der Waals surface area contributed by atoms with Crippen LogP contribution in [0.4, 0.5) is 0 Å². The summed E-state index contributed by atoms with van der Waals surface area (Å²) in [4.78, 5) is -0.211. The van der Waals surface area contributed by atoms with Crippen LogP contribution in [-0.4, -0.2) is 14.7 Å².